The van der Waals surface area contributed by atoms with E-state index in [0.29, 0.717) is 0 Å². The summed E-state index contributed by atoms with van der Waals surface area (Å²) in [6, 6.07) is 9.16. The van der Waals surface area contributed by atoms with Gasteiger partial charge in [-0.25, -0.2) is 18.4 Å². The van der Waals surface area contributed by atoms with Crippen molar-refractivity contribution in [2.45, 2.75) is 4.90 Å². The van der Waals surface area contributed by atoms with Gasteiger partial charge in [-0.2, -0.15) is 5.26 Å². The molecule has 0 atom stereocenters. The van der Waals surface area contributed by atoms with Crippen LogP contribution in [0.5, 0.6) is 0 Å². The van der Waals surface area contributed by atoms with Crippen LogP contribution in [0.3, 0.4) is 0 Å². The molecule has 6 nitrogen and oxygen atoms in total. The Morgan fingerprint density at radius 1 is 1.24 bits per heavy atom. The van der Waals surface area contributed by atoms with E-state index in [-0.39, 0.29) is 15.9 Å². The molecule has 2 rings (SSSR count). The topological polar surface area (TPSA) is 95.7 Å². The van der Waals surface area contributed by atoms with Crippen LogP contribution in [0, 0.1) is 11.3 Å². The van der Waals surface area contributed by atoms with Gasteiger partial charge < -0.3 is 5.32 Å². The number of sulfone groups is 1. The molecule has 21 heavy (non-hydrogen) atoms. The van der Waals surface area contributed by atoms with Crippen LogP contribution < -0.4 is 5.32 Å². The number of anilines is 1. The van der Waals surface area contributed by atoms with E-state index < -0.39 is 14.7 Å². The van der Waals surface area contributed by atoms with Gasteiger partial charge in [-0.05, 0) is 18.2 Å². The summed E-state index contributed by atoms with van der Waals surface area (Å²) >= 11 is 5.87. The van der Waals surface area contributed by atoms with Gasteiger partial charge in [-0.3, -0.25) is 0 Å². The number of rotatable bonds is 4. The molecule has 0 fully saturated rings. The highest BCUT2D eigenvalue weighted by molar-refractivity contribution is 7.95. The van der Waals surface area contributed by atoms with Crippen molar-refractivity contribution < 1.29 is 8.42 Å². The van der Waals surface area contributed by atoms with Crippen molar-refractivity contribution >= 4 is 27.4 Å². The Kier molecular flexibility index (Phi) is 4.52. The number of hydrogen-bond acceptors (Lipinski definition) is 6. The number of benzene rings is 1. The second kappa shape index (κ2) is 6.35. The van der Waals surface area contributed by atoms with Gasteiger partial charge >= 0.3 is 0 Å². The molecule has 0 aliphatic carbocycles. The second-order valence-electron chi connectivity index (χ2n) is 3.77. The number of nitrogens with one attached hydrogen (secondary N) is 1. The van der Waals surface area contributed by atoms with E-state index in [9.17, 15) is 8.42 Å². The first-order chi connectivity index (χ1) is 10.1. The Balaban J connectivity index is 2.38. The lowest BCUT2D eigenvalue weighted by Crippen LogP contribution is -2.07. The largest absolute Gasteiger partial charge is 0.329 e. The fourth-order valence-corrected chi connectivity index (χ4v) is 3.05. The van der Waals surface area contributed by atoms with Crippen LogP contribution >= 0.6 is 11.6 Å². The van der Waals surface area contributed by atoms with Crippen molar-refractivity contribution in [1.82, 2.24) is 9.97 Å². The van der Waals surface area contributed by atoms with Gasteiger partial charge in [0.2, 0.25) is 15.8 Å². The number of nitrogens with zero attached hydrogens (tertiary/aromatic N) is 3. The average Bonchev–Trinajstić information content (AvgIpc) is 2.49. The number of hydrogen-bond donors (Lipinski definition) is 1. The average molecular weight is 321 g/mol. The molecule has 8 heteroatoms. The second-order valence-corrected chi connectivity index (χ2v) is 6.06. The van der Waals surface area contributed by atoms with Crippen molar-refractivity contribution in [1.29, 1.82) is 5.26 Å². The van der Waals surface area contributed by atoms with E-state index in [1.54, 1.807) is 18.2 Å². The number of halogens is 1. The maximum Gasteiger partial charge on any atom is 0.226 e. The van der Waals surface area contributed by atoms with Gasteiger partial charge in [0.05, 0.1) is 9.92 Å². The molecule has 0 saturated carbocycles. The maximum atomic E-state index is 12.3. The zero-order valence-corrected chi connectivity index (χ0v) is 12.1. The van der Waals surface area contributed by atoms with E-state index >= 15 is 0 Å². The van der Waals surface area contributed by atoms with Crippen LogP contribution in [0.25, 0.3) is 0 Å². The molecule has 0 spiro atoms. The van der Waals surface area contributed by atoms with Crippen molar-refractivity contribution in [2.75, 3.05) is 5.32 Å². The molecule has 0 aliphatic heterocycles. The molecule has 0 amide bonds. The summed E-state index contributed by atoms with van der Waals surface area (Å²) in [5.41, 5.74) is 0. The molecule has 1 aromatic heterocycles. The van der Waals surface area contributed by atoms with E-state index in [0.717, 1.165) is 6.20 Å². The summed E-state index contributed by atoms with van der Waals surface area (Å²) in [6.07, 6.45) is 4.00. The van der Waals surface area contributed by atoms with Crippen LogP contribution in [0.4, 0.5) is 5.95 Å². The van der Waals surface area contributed by atoms with E-state index in [1.165, 1.54) is 30.6 Å². The van der Waals surface area contributed by atoms with Crippen LogP contribution in [-0.2, 0) is 9.84 Å². The van der Waals surface area contributed by atoms with E-state index in [1.807, 2.05) is 0 Å². The minimum Gasteiger partial charge on any atom is -0.329 e. The molecule has 106 valence electrons. The summed E-state index contributed by atoms with van der Waals surface area (Å²) < 4.78 is 24.7. The lowest BCUT2D eigenvalue weighted by atomic mass is 10.4. The maximum absolute atomic E-state index is 12.3. The Hall–Kier alpha value is -2.43. The van der Waals surface area contributed by atoms with Crippen LogP contribution in [-0.4, -0.2) is 18.4 Å². The fraction of sp³-hybridized carbons (Fsp3) is 0. The molecule has 0 saturated heterocycles. The van der Waals surface area contributed by atoms with Crippen molar-refractivity contribution in [3.63, 3.8) is 0 Å². The first kappa shape index (κ1) is 15.0. The molecular formula is C13H9ClN4O2S. The Morgan fingerprint density at radius 2 is 1.90 bits per heavy atom. The van der Waals surface area contributed by atoms with Gasteiger partial charge in [0.1, 0.15) is 6.07 Å². The summed E-state index contributed by atoms with van der Waals surface area (Å²) in [6.45, 7) is 0. The highest BCUT2D eigenvalue weighted by Crippen LogP contribution is 2.26. The number of allylic oxidation sites excluding steroid dienone is 1. The predicted molar refractivity (Wildman–Crippen MR) is 78.0 cm³/mol. The van der Waals surface area contributed by atoms with Gasteiger partial charge in [-0.1, -0.05) is 23.7 Å². The summed E-state index contributed by atoms with van der Waals surface area (Å²) in [5, 5.41) is 11.7. The molecule has 0 aliphatic rings. The van der Waals surface area contributed by atoms with Crippen LogP contribution in [0.1, 0.15) is 0 Å². The SMILES string of the molecule is N#C/C(=C\Nc1ncccn1)S(=O)(=O)c1ccccc1Cl. The quantitative estimate of drug-likeness (QED) is 0.869. The van der Waals surface area contributed by atoms with Gasteiger partial charge in [0.25, 0.3) is 0 Å². The lowest BCUT2D eigenvalue weighted by molar-refractivity contribution is 0.603. The molecule has 0 unspecified atom stereocenters. The summed E-state index contributed by atoms with van der Waals surface area (Å²) in [4.78, 5) is 7.11. The zero-order chi connectivity index (χ0) is 15.3. The normalized spacial score (nSPS) is 11.7. The zero-order valence-electron chi connectivity index (χ0n) is 10.6. The summed E-state index contributed by atoms with van der Waals surface area (Å²) in [7, 11) is -4.00. The smallest absolute Gasteiger partial charge is 0.226 e. The van der Waals surface area contributed by atoms with Gasteiger partial charge in [0.15, 0.2) is 4.91 Å². The lowest BCUT2D eigenvalue weighted by Gasteiger charge is -2.05. The third-order valence-corrected chi connectivity index (χ3v) is 4.59. The molecule has 1 N–H and O–H groups in total. The first-order valence-corrected chi connectivity index (χ1v) is 7.55. The highest BCUT2D eigenvalue weighted by atomic mass is 35.5. The predicted octanol–water partition coefficient (Wildman–Crippen LogP) is 2.38. The van der Waals surface area contributed by atoms with Gasteiger partial charge in [0, 0.05) is 18.6 Å². The number of aromatic nitrogens is 2. The highest BCUT2D eigenvalue weighted by Gasteiger charge is 2.23. The minimum absolute atomic E-state index is 0.0506. The van der Waals surface area contributed by atoms with Crippen LogP contribution in [0.15, 0.2) is 58.7 Å². The van der Waals surface area contributed by atoms with Crippen molar-refractivity contribution in [3.8, 4) is 6.07 Å². The molecular weight excluding hydrogens is 312 g/mol. The molecule has 1 aromatic carbocycles. The van der Waals surface area contributed by atoms with E-state index in [2.05, 4.69) is 15.3 Å². The molecule has 0 bridgehead atoms. The monoisotopic (exact) mass is 320 g/mol. The Labute approximate surface area is 126 Å². The first-order valence-electron chi connectivity index (χ1n) is 5.69. The molecule has 2 aromatic rings. The Bertz CT molecular complexity index is 814. The van der Waals surface area contributed by atoms with Crippen molar-refractivity contribution in [3.05, 3.63) is 58.9 Å². The van der Waals surface area contributed by atoms with Crippen molar-refractivity contribution in [2.24, 2.45) is 0 Å². The van der Waals surface area contributed by atoms with Gasteiger partial charge in [-0.15, -0.1) is 0 Å². The fourth-order valence-electron chi connectivity index (χ4n) is 1.45. The third-order valence-electron chi connectivity index (χ3n) is 2.42. The van der Waals surface area contributed by atoms with E-state index in [4.69, 9.17) is 16.9 Å². The molecule has 1 heterocycles. The molecule has 0 radical (unpaired) electrons. The summed E-state index contributed by atoms with van der Waals surface area (Å²) in [5.74, 6) is 0.180. The standard InChI is InChI=1S/C13H9ClN4O2S/c14-11-4-1-2-5-12(11)21(19,20)10(8-15)9-18-13-16-6-3-7-17-13/h1-7,9H,(H,16,17,18)/b10-9+. The third kappa shape index (κ3) is 3.37. The minimum atomic E-state index is -4.00. The van der Waals surface area contributed by atoms with Crippen LogP contribution in [0.2, 0.25) is 5.02 Å². The Morgan fingerprint density at radius 3 is 2.52 bits per heavy atom. The number of nitriles is 1.